The standard InChI is InChI=1S/C15H24O7/c1-4-6-14(18)15(19,20-3)13(8-21-14)9-5-7-12(2,17)11(22-13)10(9)16/h4,9-11,16-19H,1,5-8H2,2-3H3/t9?,10-,11+,12-,13+,14-,15-/m0/s1. The molecule has 7 nitrogen and oxygen atoms in total. The molecule has 2 heterocycles. The summed E-state index contributed by atoms with van der Waals surface area (Å²) in [6, 6.07) is 0. The molecule has 7 atom stereocenters. The molecule has 0 aromatic rings. The number of fused-ring (bicyclic) bond motifs is 3. The van der Waals surface area contributed by atoms with Crippen LogP contribution >= 0.6 is 0 Å². The van der Waals surface area contributed by atoms with E-state index in [1.165, 1.54) is 13.2 Å². The van der Waals surface area contributed by atoms with Gasteiger partial charge in [-0.25, -0.2) is 0 Å². The van der Waals surface area contributed by atoms with Gasteiger partial charge in [0.15, 0.2) is 5.60 Å². The largest absolute Gasteiger partial charge is 0.390 e. The minimum absolute atomic E-state index is 0.0632. The number of hydrogen-bond donors (Lipinski definition) is 4. The summed E-state index contributed by atoms with van der Waals surface area (Å²) in [4.78, 5) is 0. The van der Waals surface area contributed by atoms with Gasteiger partial charge in [-0.05, 0) is 19.8 Å². The molecule has 2 bridgehead atoms. The maximum absolute atomic E-state index is 11.1. The molecule has 0 aromatic carbocycles. The molecule has 4 N–H and O–H groups in total. The molecular formula is C15H24O7. The predicted molar refractivity (Wildman–Crippen MR) is 74.6 cm³/mol. The molecule has 3 fully saturated rings. The highest BCUT2D eigenvalue weighted by Crippen LogP contribution is 2.59. The Kier molecular flexibility index (Phi) is 3.51. The minimum atomic E-state index is -2.17. The summed E-state index contributed by atoms with van der Waals surface area (Å²) in [6.45, 7) is 5.00. The second-order valence-corrected chi connectivity index (χ2v) is 6.83. The summed E-state index contributed by atoms with van der Waals surface area (Å²) in [6.07, 6.45) is 0.343. The molecule has 3 rings (SSSR count). The lowest BCUT2D eigenvalue weighted by molar-refractivity contribution is -0.374. The summed E-state index contributed by atoms with van der Waals surface area (Å²) >= 11 is 0. The molecule has 1 saturated carbocycles. The van der Waals surface area contributed by atoms with Gasteiger partial charge in [0.1, 0.15) is 6.10 Å². The first-order valence-electron chi connectivity index (χ1n) is 7.50. The second-order valence-electron chi connectivity index (χ2n) is 6.83. The van der Waals surface area contributed by atoms with E-state index in [0.29, 0.717) is 12.8 Å². The quantitative estimate of drug-likeness (QED) is 0.402. The Morgan fingerprint density at radius 2 is 2.05 bits per heavy atom. The minimum Gasteiger partial charge on any atom is -0.390 e. The monoisotopic (exact) mass is 316 g/mol. The normalized spacial score (nSPS) is 57.5. The van der Waals surface area contributed by atoms with Crippen molar-refractivity contribution >= 4 is 0 Å². The van der Waals surface area contributed by atoms with Crippen LogP contribution in [0.3, 0.4) is 0 Å². The van der Waals surface area contributed by atoms with Crippen molar-refractivity contribution in [1.29, 1.82) is 0 Å². The smallest absolute Gasteiger partial charge is 0.254 e. The van der Waals surface area contributed by atoms with Crippen LogP contribution in [0.15, 0.2) is 12.7 Å². The van der Waals surface area contributed by atoms with Crippen LogP contribution in [0, 0.1) is 5.92 Å². The summed E-state index contributed by atoms with van der Waals surface area (Å²) in [7, 11) is 1.25. The highest BCUT2D eigenvalue weighted by Gasteiger charge is 2.79. The third-order valence-electron chi connectivity index (χ3n) is 5.58. The van der Waals surface area contributed by atoms with Crippen LogP contribution in [0.5, 0.6) is 0 Å². The third kappa shape index (κ3) is 1.70. The van der Waals surface area contributed by atoms with E-state index in [-0.39, 0.29) is 13.0 Å². The fourth-order valence-electron chi connectivity index (χ4n) is 4.31. The van der Waals surface area contributed by atoms with Crippen LogP contribution < -0.4 is 0 Å². The lowest BCUT2D eigenvalue weighted by Crippen LogP contribution is -2.66. The number of aliphatic hydroxyl groups is 4. The first-order valence-corrected chi connectivity index (χ1v) is 7.50. The molecule has 0 amide bonds. The van der Waals surface area contributed by atoms with E-state index in [0.717, 1.165) is 0 Å². The van der Waals surface area contributed by atoms with Crippen LogP contribution in [0.25, 0.3) is 0 Å². The summed E-state index contributed by atoms with van der Waals surface area (Å²) < 4.78 is 16.6. The van der Waals surface area contributed by atoms with Crippen molar-refractivity contribution in [2.75, 3.05) is 13.7 Å². The molecule has 0 aromatic heterocycles. The number of hydrogen-bond acceptors (Lipinski definition) is 7. The zero-order valence-electron chi connectivity index (χ0n) is 12.9. The summed E-state index contributed by atoms with van der Waals surface area (Å²) in [5, 5.41) is 42.7. The topological polar surface area (TPSA) is 109 Å². The van der Waals surface area contributed by atoms with E-state index in [9.17, 15) is 20.4 Å². The highest BCUT2D eigenvalue weighted by atomic mass is 16.8. The molecule has 126 valence electrons. The van der Waals surface area contributed by atoms with Crippen LogP contribution in [0.1, 0.15) is 26.2 Å². The van der Waals surface area contributed by atoms with E-state index < -0.39 is 40.9 Å². The zero-order valence-corrected chi connectivity index (χ0v) is 12.9. The zero-order chi connectivity index (χ0) is 16.4. The van der Waals surface area contributed by atoms with E-state index in [1.807, 2.05) is 0 Å². The fraction of sp³-hybridized carbons (Fsp3) is 0.867. The molecule has 2 saturated heterocycles. The lowest BCUT2D eigenvalue weighted by atomic mass is 9.69. The highest BCUT2D eigenvalue weighted by molar-refractivity contribution is 5.21. The van der Waals surface area contributed by atoms with Gasteiger partial charge in [-0.1, -0.05) is 6.08 Å². The van der Waals surface area contributed by atoms with Gasteiger partial charge in [0, 0.05) is 19.4 Å². The first-order chi connectivity index (χ1) is 10.2. The Hall–Kier alpha value is -0.540. The number of rotatable bonds is 3. The number of ether oxygens (including phenoxy) is 3. The van der Waals surface area contributed by atoms with Gasteiger partial charge >= 0.3 is 0 Å². The van der Waals surface area contributed by atoms with Crippen molar-refractivity contribution in [3.8, 4) is 0 Å². The van der Waals surface area contributed by atoms with Gasteiger partial charge in [0.2, 0.25) is 5.79 Å². The molecule has 1 unspecified atom stereocenters. The van der Waals surface area contributed by atoms with Crippen molar-refractivity contribution in [3.05, 3.63) is 12.7 Å². The van der Waals surface area contributed by atoms with Crippen molar-refractivity contribution in [2.45, 2.75) is 61.2 Å². The Morgan fingerprint density at radius 1 is 1.36 bits per heavy atom. The Balaban J connectivity index is 2.06. The van der Waals surface area contributed by atoms with E-state index in [1.54, 1.807) is 6.92 Å². The van der Waals surface area contributed by atoms with Gasteiger partial charge in [0.05, 0.1) is 18.3 Å². The Labute approximate surface area is 129 Å². The van der Waals surface area contributed by atoms with Gasteiger partial charge in [-0.15, -0.1) is 6.58 Å². The summed E-state index contributed by atoms with van der Waals surface area (Å²) in [5.74, 6) is -4.71. The maximum atomic E-state index is 11.1. The van der Waals surface area contributed by atoms with Gasteiger partial charge in [-0.2, -0.15) is 0 Å². The van der Waals surface area contributed by atoms with Crippen LogP contribution in [-0.2, 0) is 14.2 Å². The molecule has 7 heteroatoms. The summed E-state index contributed by atoms with van der Waals surface area (Å²) in [5.41, 5.74) is -2.66. The maximum Gasteiger partial charge on any atom is 0.254 e. The van der Waals surface area contributed by atoms with Crippen LogP contribution in [0.2, 0.25) is 0 Å². The van der Waals surface area contributed by atoms with Crippen molar-refractivity contribution in [1.82, 2.24) is 0 Å². The molecule has 1 aliphatic carbocycles. The van der Waals surface area contributed by atoms with Gasteiger partial charge in [0.25, 0.3) is 5.79 Å². The average Bonchev–Trinajstić information content (AvgIpc) is 2.81. The van der Waals surface area contributed by atoms with Crippen LogP contribution in [-0.4, -0.2) is 69.1 Å². The van der Waals surface area contributed by atoms with E-state index >= 15 is 0 Å². The fourth-order valence-corrected chi connectivity index (χ4v) is 4.31. The van der Waals surface area contributed by atoms with Gasteiger partial charge in [-0.3, -0.25) is 0 Å². The van der Waals surface area contributed by atoms with Crippen molar-refractivity contribution in [3.63, 3.8) is 0 Å². The molecule has 1 spiro atoms. The molecule has 2 aliphatic heterocycles. The molecule has 0 radical (unpaired) electrons. The SMILES string of the molecule is C=CC[C@]1(O)OC[C@]2(O[C@@H]3[C@@H](O)C2CC[C@]3(C)O)[C@]1(O)OC. The lowest BCUT2D eigenvalue weighted by Gasteiger charge is -2.44. The number of aliphatic hydroxyl groups excluding tert-OH is 1. The third-order valence-corrected chi connectivity index (χ3v) is 5.58. The molecule has 22 heavy (non-hydrogen) atoms. The van der Waals surface area contributed by atoms with E-state index in [2.05, 4.69) is 6.58 Å². The molecular weight excluding hydrogens is 292 g/mol. The predicted octanol–water partition coefficient (Wildman–Crippen LogP) is -0.724. The number of methoxy groups -OCH3 is 1. The Morgan fingerprint density at radius 3 is 2.59 bits per heavy atom. The van der Waals surface area contributed by atoms with Gasteiger partial charge < -0.3 is 34.6 Å². The van der Waals surface area contributed by atoms with E-state index in [4.69, 9.17) is 14.2 Å². The van der Waals surface area contributed by atoms with Crippen molar-refractivity contribution in [2.24, 2.45) is 5.92 Å². The first kappa shape index (κ1) is 16.3. The second kappa shape index (κ2) is 4.73. The molecule has 3 aliphatic rings. The Bertz CT molecular complexity index is 481. The average molecular weight is 316 g/mol. The van der Waals surface area contributed by atoms with Crippen molar-refractivity contribution < 1.29 is 34.6 Å². The van der Waals surface area contributed by atoms with Crippen LogP contribution in [0.4, 0.5) is 0 Å².